The van der Waals surface area contributed by atoms with Crippen molar-refractivity contribution in [3.05, 3.63) is 12.4 Å². The van der Waals surface area contributed by atoms with Crippen LogP contribution in [0.15, 0.2) is 12.4 Å². The molecule has 0 amide bonds. The minimum atomic E-state index is -2.96. The molecule has 35 heteroatoms. The van der Waals surface area contributed by atoms with Gasteiger partial charge in [-0.15, -0.1) is 0 Å². The topological polar surface area (TPSA) is 396 Å². The van der Waals surface area contributed by atoms with Gasteiger partial charge in [0.2, 0.25) is 0 Å². The van der Waals surface area contributed by atoms with Crippen molar-refractivity contribution in [2.24, 2.45) is 58.7 Å². The summed E-state index contributed by atoms with van der Waals surface area (Å²) in [6, 6.07) is 0. The van der Waals surface area contributed by atoms with Gasteiger partial charge in [-0.2, -0.15) is 15.4 Å². The van der Waals surface area contributed by atoms with Gasteiger partial charge >= 0.3 is 17.9 Å². The highest BCUT2D eigenvalue weighted by atomic mass is 31.2. The summed E-state index contributed by atoms with van der Waals surface area (Å²) < 4.78 is 132. The van der Waals surface area contributed by atoms with E-state index in [2.05, 4.69) is 102 Å². The maximum Gasteiger partial charge on any atom is 0.302 e. The predicted molar refractivity (Wildman–Crippen MR) is 466 cm³/mol. The Hall–Kier alpha value is -4.31. The Kier molecular flexibility index (Phi) is 69.4. The number of unbranched alkanes of at least 4 members (excludes halogenated alkanes) is 5. The fourth-order valence-electron chi connectivity index (χ4n) is 13.7. The van der Waals surface area contributed by atoms with E-state index in [1.807, 2.05) is 0 Å². The molecule has 4 rings (SSSR count). The van der Waals surface area contributed by atoms with Crippen molar-refractivity contribution < 1.29 is 147 Å². The second-order valence-electron chi connectivity index (χ2n) is 32.7. The van der Waals surface area contributed by atoms with E-state index in [1.165, 1.54) is 27.9 Å². The maximum absolute atomic E-state index is 13.8. The van der Waals surface area contributed by atoms with Gasteiger partial charge in [0.25, 0.3) is 0 Å². The van der Waals surface area contributed by atoms with Crippen LogP contribution in [0.2, 0.25) is 0 Å². The Balaban J connectivity index is 0.00000297. The summed E-state index contributed by atoms with van der Waals surface area (Å²) in [6.45, 7) is 36.8. The van der Waals surface area contributed by atoms with Crippen LogP contribution in [-0.2, 0) is 142 Å². The molecule has 125 heavy (non-hydrogen) atoms. The molecular formula is C90H163N3O31P-. The lowest BCUT2D eigenvalue weighted by atomic mass is 9.79. The number of ketones is 4. The zero-order chi connectivity index (χ0) is 92.1. The average Bonchev–Trinajstić information content (AvgIpc) is 1.03. The Morgan fingerprint density at radius 3 is 0.920 bits per heavy atom. The molecule has 730 valence electrons. The van der Waals surface area contributed by atoms with E-state index in [9.17, 15) is 38.5 Å². The van der Waals surface area contributed by atoms with E-state index >= 15 is 0 Å². The van der Waals surface area contributed by atoms with Crippen LogP contribution >= 0.6 is 7.57 Å². The van der Waals surface area contributed by atoms with Gasteiger partial charge in [0.05, 0.1) is 196 Å². The molecule has 0 aromatic carbocycles. The first-order valence-corrected chi connectivity index (χ1v) is 47.5. The number of nitrogens with one attached hydrogen (secondary N) is 1. The average molecular weight is 1810 g/mol. The molecule has 34 nitrogen and oxygen atoms in total. The normalized spacial score (nSPS) is 23.4. The number of rotatable bonds is 76. The standard InChI is InChI=1S/C81H144O28.C7H16O3P.C2H3N3/c1-14-15-16-17-21-74(88)52-81(56-98-31-25-71(85)22-18-28-89-34-37-92-40-43-95-46-49-101-78-65(8)59(2)62(5)75(107-78)53-104-68(11)82,57-99-32-26-72(86)23-19-29-90-35-38-93-41-44-96-47-50-102-79-66(9)60(3)63(6)76(108-79)54-105-69(12)83)58-100-33-27-73(87)24-20-30-91-36-39-94-42-45-97-48-51-103-80-67(10)61(4)64(7)77(109-80)55-106-70(13)84;1-4-5-6-7-10-11(3,8)9-2;1-2-4-5-3-1/h59-67,75-80H,14-58H2,1-13H3;3-7H2,1-2H3;1-2H,(H,3,4,5)/q;-1;. The van der Waals surface area contributed by atoms with E-state index in [4.69, 9.17) is 104 Å². The molecule has 3 aliphatic rings. The van der Waals surface area contributed by atoms with Crippen molar-refractivity contribution in [1.82, 2.24) is 15.4 Å². The van der Waals surface area contributed by atoms with Gasteiger partial charge in [-0.1, -0.05) is 115 Å². The first-order chi connectivity index (χ1) is 60.1. The number of carbonyl (C=O) groups is 7. The van der Waals surface area contributed by atoms with Crippen molar-refractivity contribution >= 4 is 54.9 Å². The molecule has 3 fully saturated rings. The molecule has 0 bridgehead atoms. The first kappa shape index (κ1) is 117. The Bertz CT molecular complexity index is 2660. The summed E-state index contributed by atoms with van der Waals surface area (Å²) >= 11 is 0. The quantitative estimate of drug-likeness (QED) is 0.0274. The van der Waals surface area contributed by atoms with E-state index in [1.54, 1.807) is 12.4 Å². The minimum absolute atomic E-state index is 0.00987. The Labute approximate surface area is 746 Å². The van der Waals surface area contributed by atoms with Crippen LogP contribution in [0, 0.1) is 58.7 Å². The van der Waals surface area contributed by atoms with E-state index in [0.717, 1.165) is 44.9 Å². The molecule has 0 spiro atoms. The van der Waals surface area contributed by atoms with Gasteiger partial charge in [-0.05, 0) is 67.6 Å². The molecule has 16 atom stereocenters. The van der Waals surface area contributed by atoms with E-state index in [-0.39, 0.29) is 180 Å². The van der Waals surface area contributed by atoms with Gasteiger partial charge in [-0.25, -0.2) is 0 Å². The molecule has 3 saturated heterocycles. The van der Waals surface area contributed by atoms with E-state index in [0.29, 0.717) is 208 Å². The lowest BCUT2D eigenvalue weighted by Gasteiger charge is -2.43. The van der Waals surface area contributed by atoms with Gasteiger partial charge in [0, 0.05) is 130 Å². The molecule has 3 aliphatic heterocycles. The monoisotopic (exact) mass is 1810 g/mol. The van der Waals surface area contributed by atoms with Crippen LogP contribution in [0.5, 0.6) is 0 Å². The number of nitrogens with zero attached hydrogens (tertiary/aromatic N) is 2. The summed E-state index contributed by atoms with van der Waals surface area (Å²) in [5.41, 5.74) is -0.957. The first-order valence-electron chi connectivity index (χ1n) is 45.8. The van der Waals surface area contributed by atoms with Crippen LogP contribution < -0.4 is 4.89 Å². The summed E-state index contributed by atoms with van der Waals surface area (Å²) in [5, 5.41) is 9.33. The second-order valence-corrected chi connectivity index (χ2v) is 34.6. The molecule has 1 N–H and O–H groups in total. The number of esters is 3. The predicted octanol–water partition coefficient (Wildman–Crippen LogP) is 11.2. The SMILES string of the molecule is C=P([O-])(OC)OCCCCC.CCCCCCC(=O)CC(COCCC(=O)CCCOCCOCCOCCOC1OC(COC(C)=O)C(C)C(C)C1C)(COCCC(=O)CCCOCCOCCOCCOC1OC(COC(C)=O)C(C)C(C)C1C)COCCC(=O)CCCOCCOCCOCCOC1OC(COC(C)=O)C(C)C(C)C1C.c1cn[nH]n1. The number of aromatic amines is 1. The summed E-state index contributed by atoms with van der Waals surface area (Å²) in [6.07, 6.45) is 14.8. The van der Waals surface area contributed by atoms with E-state index < -0.39 is 31.9 Å². The molecule has 4 heterocycles. The molecule has 1 aromatic rings. The Morgan fingerprint density at radius 1 is 0.352 bits per heavy atom. The number of hydrogen-bond donors (Lipinski definition) is 1. The van der Waals surface area contributed by atoms with Gasteiger partial charge in [0.1, 0.15) is 43.0 Å². The van der Waals surface area contributed by atoms with Gasteiger partial charge in [-0.3, -0.25) is 33.6 Å². The fraction of sp³-hybridized carbons (Fsp3) is 0.889. The third kappa shape index (κ3) is 58.3. The highest BCUT2D eigenvalue weighted by molar-refractivity contribution is 7.57. The summed E-state index contributed by atoms with van der Waals surface area (Å²) in [4.78, 5) is 98.2. The van der Waals surface area contributed by atoms with Crippen LogP contribution in [0.3, 0.4) is 0 Å². The smallest absolute Gasteiger partial charge is 0.302 e. The van der Waals surface area contributed by atoms with Gasteiger partial charge in [0.15, 0.2) is 18.9 Å². The van der Waals surface area contributed by atoms with Crippen LogP contribution in [0.25, 0.3) is 0 Å². The van der Waals surface area contributed by atoms with Crippen molar-refractivity contribution in [3.63, 3.8) is 0 Å². The summed E-state index contributed by atoms with van der Waals surface area (Å²) in [7, 11) is -1.62. The maximum atomic E-state index is 13.8. The van der Waals surface area contributed by atoms with Crippen LogP contribution in [-0.4, -0.2) is 312 Å². The highest BCUT2D eigenvalue weighted by Gasteiger charge is 2.43. The zero-order valence-corrected chi connectivity index (χ0v) is 79.6. The van der Waals surface area contributed by atoms with Crippen molar-refractivity contribution in [2.75, 3.05) is 212 Å². The van der Waals surface area contributed by atoms with Crippen molar-refractivity contribution in [3.8, 4) is 0 Å². The highest BCUT2D eigenvalue weighted by Crippen LogP contribution is 2.39. The molecule has 0 saturated carbocycles. The number of ether oxygens (including phenoxy) is 21. The number of aromatic nitrogens is 3. The Morgan fingerprint density at radius 2 is 0.640 bits per heavy atom. The molecule has 0 aliphatic carbocycles. The molecule has 0 radical (unpaired) electrons. The number of hydrogen-bond acceptors (Lipinski definition) is 33. The second kappa shape index (κ2) is 74.3. The number of carbonyl (C=O) groups excluding carboxylic acids is 7. The van der Waals surface area contributed by atoms with Gasteiger partial charge < -0.3 is 113 Å². The lowest BCUT2D eigenvalue weighted by Crippen LogP contribution is -2.48. The largest absolute Gasteiger partial charge is 0.789 e. The molecule has 1 aromatic heterocycles. The lowest BCUT2D eigenvalue weighted by molar-refractivity contribution is -0.258. The van der Waals surface area contributed by atoms with Crippen molar-refractivity contribution in [1.29, 1.82) is 0 Å². The summed E-state index contributed by atoms with van der Waals surface area (Å²) in [5.74, 6) is 1.17. The number of Topliss-reactive ketones (excluding diaryl/α,β-unsaturated/α-hetero) is 4. The van der Waals surface area contributed by atoms with Crippen molar-refractivity contribution in [2.45, 2.75) is 250 Å². The van der Waals surface area contributed by atoms with Crippen LogP contribution in [0.4, 0.5) is 0 Å². The zero-order valence-electron chi connectivity index (χ0n) is 78.7. The molecular weight excluding hydrogens is 1650 g/mol. The molecule has 16 unspecified atom stereocenters. The van der Waals surface area contributed by atoms with Crippen LogP contribution in [0.1, 0.15) is 213 Å². The third-order valence-corrected chi connectivity index (χ3v) is 23.8. The fourth-order valence-corrected chi connectivity index (χ4v) is 14.2. The minimum Gasteiger partial charge on any atom is -0.789 e. The number of H-pyrrole nitrogens is 1. The third-order valence-electron chi connectivity index (χ3n) is 22.6.